The molecule has 4 atom stereocenters. The highest BCUT2D eigenvalue weighted by atomic mass is 127. The molecule has 1 saturated heterocycles. The number of aromatic nitrogens is 2. The quantitative estimate of drug-likeness (QED) is 0.388. The Hall–Kier alpha value is -2.31. The summed E-state index contributed by atoms with van der Waals surface area (Å²) in [5, 5.41) is 17.3. The molecule has 35 heavy (non-hydrogen) atoms. The first-order chi connectivity index (χ1) is 16.7. The van der Waals surface area contributed by atoms with Crippen molar-refractivity contribution in [3.8, 4) is 10.4 Å². The molecule has 0 bridgehead atoms. The smallest absolute Gasteiger partial charge is 0.243 e. The van der Waals surface area contributed by atoms with Crippen molar-refractivity contribution in [2.75, 3.05) is 6.54 Å². The van der Waals surface area contributed by atoms with Gasteiger partial charge in [0, 0.05) is 19.0 Å². The van der Waals surface area contributed by atoms with Crippen molar-refractivity contribution < 1.29 is 19.2 Å². The van der Waals surface area contributed by atoms with Crippen LogP contribution in [0.3, 0.4) is 0 Å². The molecule has 1 aliphatic heterocycles. The fourth-order valence-electron chi connectivity index (χ4n) is 4.53. The van der Waals surface area contributed by atoms with Crippen molar-refractivity contribution in [1.29, 1.82) is 0 Å². The number of hydrogen-bond donors (Lipinski definition) is 2. The second-order valence-electron chi connectivity index (χ2n) is 9.29. The molecule has 4 unspecified atom stereocenters. The van der Waals surface area contributed by atoms with Crippen molar-refractivity contribution in [2.45, 2.75) is 58.2 Å². The second-order valence-corrected chi connectivity index (χ2v) is 11.2. The van der Waals surface area contributed by atoms with E-state index in [1.807, 2.05) is 80.1 Å². The first-order valence-corrected chi connectivity index (χ1v) is 13.5. The lowest BCUT2D eigenvalue weighted by Gasteiger charge is -2.29. The van der Waals surface area contributed by atoms with Gasteiger partial charge < -0.3 is 19.8 Å². The zero-order valence-electron chi connectivity index (χ0n) is 20.1. The van der Waals surface area contributed by atoms with Gasteiger partial charge in [-0.25, -0.2) is 4.98 Å². The van der Waals surface area contributed by atoms with Gasteiger partial charge in [0.15, 0.2) is 5.76 Å². The molecule has 0 spiro atoms. The van der Waals surface area contributed by atoms with E-state index in [9.17, 15) is 14.7 Å². The van der Waals surface area contributed by atoms with Gasteiger partial charge in [0.1, 0.15) is 15.7 Å². The number of aryl methyl sites for hydroxylation is 1. The van der Waals surface area contributed by atoms with Gasteiger partial charge in [-0.05, 0) is 53.5 Å². The third kappa shape index (κ3) is 5.59. The number of nitrogens with one attached hydrogen (secondary N) is 1. The van der Waals surface area contributed by atoms with Gasteiger partial charge in [0.2, 0.25) is 11.8 Å². The number of aliphatic hydroxyl groups excluding tert-OH is 1. The molecular formula is C25H29IN4O4S. The number of benzene rings is 1. The molecule has 0 aliphatic carbocycles. The van der Waals surface area contributed by atoms with Crippen LogP contribution in [0.4, 0.5) is 0 Å². The summed E-state index contributed by atoms with van der Waals surface area (Å²) in [5.74, 6) is -0.681. The number of carbonyl (C=O) groups is 2. The highest BCUT2D eigenvalue weighted by Gasteiger charge is 2.43. The number of thiazole rings is 1. The summed E-state index contributed by atoms with van der Waals surface area (Å²) in [4.78, 5) is 33.7. The molecular weight excluding hydrogens is 579 g/mol. The number of likely N-dealkylation sites (tertiary alicyclic amines) is 1. The monoisotopic (exact) mass is 608 g/mol. The molecule has 8 nitrogen and oxygen atoms in total. The first-order valence-electron chi connectivity index (χ1n) is 11.6. The maximum atomic E-state index is 13.5. The fourth-order valence-corrected chi connectivity index (χ4v) is 5.75. The van der Waals surface area contributed by atoms with Crippen LogP contribution in [0.5, 0.6) is 0 Å². The van der Waals surface area contributed by atoms with Crippen LogP contribution >= 0.6 is 33.9 Å². The van der Waals surface area contributed by atoms with E-state index in [4.69, 9.17) is 4.52 Å². The molecule has 2 aromatic heterocycles. The van der Waals surface area contributed by atoms with E-state index < -0.39 is 18.1 Å². The lowest BCUT2D eigenvalue weighted by molar-refractivity contribution is -0.141. The van der Waals surface area contributed by atoms with Crippen LogP contribution in [-0.4, -0.2) is 50.7 Å². The lowest BCUT2D eigenvalue weighted by atomic mass is 9.91. The lowest BCUT2D eigenvalue weighted by Crippen LogP contribution is -2.48. The summed E-state index contributed by atoms with van der Waals surface area (Å²) in [7, 11) is 0. The Balaban J connectivity index is 1.47. The molecule has 1 aliphatic rings. The Labute approximate surface area is 222 Å². The zero-order chi connectivity index (χ0) is 25.3. The summed E-state index contributed by atoms with van der Waals surface area (Å²) in [6.07, 6.45) is -0.554. The number of nitrogens with zero attached hydrogens (tertiary/aromatic N) is 3. The van der Waals surface area contributed by atoms with Crippen LogP contribution in [-0.2, 0) is 9.59 Å². The van der Waals surface area contributed by atoms with Crippen molar-refractivity contribution in [3.63, 3.8) is 0 Å². The Morgan fingerprint density at radius 3 is 2.54 bits per heavy atom. The van der Waals surface area contributed by atoms with Gasteiger partial charge in [0.05, 0.1) is 28.2 Å². The summed E-state index contributed by atoms with van der Waals surface area (Å²) in [6.45, 7) is 7.87. The van der Waals surface area contributed by atoms with E-state index >= 15 is 0 Å². The average molecular weight is 609 g/mol. The molecule has 186 valence electrons. The van der Waals surface area contributed by atoms with E-state index in [0.717, 1.165) is 21.7 Å². The molecule has 3 heterocycles. The third-order valence-electron chi connectivity index (χ3n) is 6.38. The summed E-state index contributed by atoms with van der Waals surface area (Å²) >= 11 is 3.63. The normalized spacial score (nSPS) is 19.7. The van der Waals surface area contributed by atoms with Gasteiger partial charge in [0.25, 0.3) is 0 Å². The molecule has 4 rings (SSSR count). The van der Waals surface area contributed by atoms with Gasteiger partial charge in [-0.1, -0.05) is 43.3 Å². The van der Waals surface area contributed by atoms with Crippen LogP contribution in [0.2, 0.25) is 0 Å². The van der Waals surface area contributed by atoms with Gasteiger partial charge >= 0.3 is 0 Å². The molecule has 2 N–H and O–H groups in total. The largest absolute Gasteiger partial charge is 0.391 e. The Morgan fingerprint density at radius 1 is 1.26 bits per heavy atom. The van der Waals surface area contributed by atoms with Crippen molar-refractivity contribution in [2.24, 2.45) is 5.92 Å². The first kappa shape index (κ1) is 25.8. The molecule has 0 saturated carbocycles. The van der Waals surface area contributed by atoms with Crippen LogP contribution in [0, 0.1) is 16.5 Å². The minimum absolute atomic E-state index is 0.0627. The summed E-state index contributed by atoms with van der Waals surface area (Å²) in [6, 6.07) is 8.77. The third-order valence-corrected chi connectivity index (χ3v) is 7.87. The number of rotatable bonds is 7. The highest BCUT2D eigenvalue weighted by Crippen LogP contribution is 2.32. The van der Waals surface area contributed by atoms with Crippen LogP contribution in [0.25, 0.3) is 10.4 Å². The number of β-amino-alcohol motifs (C(OH)–C–C–N with tert-alkyl or cyclic N) is 1. The predicted molar refractivity (Wildman–Crippen MR) is 142 cm³/mol. The van der Waals surface area contributed by atoms with E-state index in [2.05, 4.69) is 15.5 Å². The summed E-state index contributed by atoms with van der Waals surface area (Å²) in [5.41, 5.74) is 4.87. The fraction of sp³-hybridized carbons (Fsp3) is 0.440. The highest BCUT2D eigenvalue weighted by molar-refractivity contribution is 14.1. The number of amides is 2. The molecule has 1 aromatic carbocycles. The number of carbonyl (C=O) groups excluding carboxylic acids is 2. The van der Waals surface area contributed by atoms with Crippen molar-refractivity contribution in [1.82, 2.24) is 20.4 Å². The van der Waals surface area contributed by atoms with E-state index in [-0.39, 0.29) is 36.7 Å². The summed E-state index contributed by atoms with van der Waals surface area (Å²) < 4.78 is 6.05. The Kier molecular flexibility index (Phi) is 7.92. The maximum absolute atomic E-state index is 13.5. The minimum atomic E-state index is -0.755. The minimum Gasteiger partial charge on any atom is -0.391 e. The van der Waals surface area contributed by atoms with Crippen LogP contribution in [0.15, 0.2) is 40.4 Å². The van der Waals surface area contributed by atoms with E-state index in [1.54, 1.807) is 17.4 Å². The molecule has 1 fully saturated rings. The molecule has 0 radical (unpaired) electrons. The van der Waals surface area contributed by atoms with Gasteiger partial charge in [-0.15, -0.1) is 11.3 Å². The Morgan fingerprint density at radius 2 is 1.97 bits per heavy atom. The Bertz CT molecular complexity index is 1190. The number of halogens is 1. The SMILES string of the molecule is Cc1ncsc1-c1ccc(C(C)NC(=O)C2CC(O)CN2C(=O)C(c2cc(I)no2)C(C)C)cc1. The van der Waals surface area contributed by atoms with Gasteiger partial charge in [-0.3, -0.25) is 9.59 Å². The predicted octanol–water partition coefficient (Wildman–Crippen LogP) is 4.29. The average Bonchev–Trinajstić information content (AvgIpc) is 3.53. The zero-order valence-corrected chi connectivity index (χ0v) is 23.0. The molecule has 3 aromatic rings. The number of hydrogen-bond acceptors (Lipinski definition) is 7. The van der Waals surface area contributed by atoms with E-state index in [0.29, 0.717) is 9.46 Å². The molecule has 10 heteroatoms. The topological polar surface area (TPSA) is 109 Å². The van der Waals surface area contributed by atoms with Crippen LogP contribution in [0.1, 0.15) is 56.2 Å². The molecule has 2 amide bonds. The number of aliphatic hydroxyl groups is 1. The van der Waals surface area contributed by atoms with E-state index in [1.165, 1.54) is 4.90 Å². The van der Waals surface area contributed by atoms with Crippen molar-refractivity contribution >= 4 is 45.7 Å². The standard InChI is InChI=1S/C25H29IN4O4S/c1-13(2)22(20-10-21(26)29-34-20)25(33)30-11-18(31)9-19(30)24(32)28-14(3)16-5-7-17(8-6-16)23-15(4)27-12-35-23/h5-8,10,12-14,18-19,22,31H,9,11H2,1-4H3,(H,28,32). The second kappa shape index (κ2) is 10.8. The maximum Gasteiger partial charge on any atom is 0.243 e. The van der Waals surface area contributed by atoms with Gasteiger partial charge in [-0.2, -0.15) is 0 Å². The van der Waals surface area contributed by atoms with Crippen molar-refractivity contribution in [3.05, 3.63) is 56.6 Å². The van der Waals surface area contributed by atoms with Crippen LogP contribution < -0.4 is 5.32 Å².